The van der Waals surface area contributed by atoms with Crippen LogP contribution in [0, 0.1) is 0 Å². The smallest absolute Gasteiger partial charge is 0.336 e. The molecule has 0 N–H and O–H groups in total. The van der Waals surface area contributed by atoms with E-state index in [-0.39, 0.29) is 12.3 Å². The van der Waals surface area contributed by atoms with E-state index in [0.717, 1.165) is 29.9 Å². The second-order valence-corrected chi connectivity index (χ2v) is 11.0. The van der Waals surface area contributed by atoms with E-state index >= 15 is 0 Å². The van der Waals surface area contributed by atoms with Crippen LogP contribution < -0.4 is 24.7 Å². The van der Waals surface area contributed by atoms with Gasteiger partial charge in [0, 0.05) is 67.5 Å². The monoisotopic (exact) mass is 604 g/mol. The number of hydrogen-bond acceptors (Lipinski definition) is 7. The molecule has 6 rings (SSSR count). The molecule has 45 heavy (non-hydrogen) atoms. The molecule has 0 spiro atoms. The molecular formula is C37H36N2O6. The van der Waals surface area contributed by atoms with E-state index in [9.17, 15) is 9.59 Å². The number of carbonyl (C=O) groups excluding carboxylic acids is 1. The van der Waals surface area contributed by atoms with Crippen molar-refractivity contribution in [2.75, 3.05) is 52.4 Å². The van der Waals surface area contributed by atoms with Gasteiger partial charge in [-0.05, 0) is 35.4 Å². The fraction of sp³-hybridized carbons (Fsp3) is 0.243. The molecule has 1 aliphatic heterocycles. The van der Waals surface area contributed by atoms with E-state index in [4.69, 9.17) is 18.6 Å². The van der Waals surface area contributed by atoms with Crippen LogP contribution in [0.2, 0.25) is 0 Å². The van der Waals surface area contributed by atoms with E-state index < -0.39 is 11.5 Å². The fourth-order valence-corrected chi connectivity index (χ4v) is 6.19. The van der Waals surface area contributed by atoms with E-state index in [0.29, 0.717) is 52.4 Å². The van der Waals surface area contributed by atoms with Gasteiger partial charge in [0.2, 0.25) is 5.91 Å². The first-order chi connectivity index (χ1) is 22.0. The Morgan fingerprint density at radius 3 is 2.04 bits per heavy atom. The molecule has 1 amide bonds. The summed E-state index contributed by atoms with van der Waals surface area (Å²) in [7, 11) is 4.76. The van der Waals surface area contributed by atoms with Gasteiger partial charge in [0.1, 0.15) is 22.8 Å². The van der Waals surface area contributed by atoms with Crippen molar-refractivity contribution in [3.05, 3.63) is 119 Å². The number of hydrogen-bond donors (Lipinski definition) is 0. The number of nitrogens with zero attached hydrogens (tertiary/aromatic N) is 2. The van der Waals surface area contributed by atoms with E-state index in [1.807, 2.05) is 83.8 Å². The molecule has 2 heterocycles. The zero-order chi connectivity index (χ0) is 31.3. The molecule has 8 heteroatoms. The topological polar surface area (TPSA) is 81.5 Å². The Labute approximate surface area is 262 Å². The molecule has 1 fully saturated rings. The third-order valence-electron chi connectivity index (χ3n) is 8.50. The van der Waals surface area contributed by atoms with Crippen LogP contribution in [0.4, 0.5) is 5.69 Å². The van der Waals surface area contributed by atoms with E-state index in [1.54, 1.807) is 21.3 Å². The van der Waals surface area contributed by atoms with Crippen LogP contribution in [0.3, 0.4) is 0 Å². The highest BCUT2D eigenvalue weighted by molar-refractivity contribution is 6.01. The van der Waals surface area contributed by atoms with Gasteiger partial charge in [-0.25, -0.2) is 4.79 Å². The summed E-state index contributed by atoms with van der Waals surface area (Å²) in [5.41, 5.74) is 3.99. The van der Waals surface area contributed by atoms with Crippen molar-refractivity contribution >= 4 is 22.6 Å². The van der Waals surface area contributed by atoms with Crippen LogP contribution in [-0.4, -0.2) is 58.3 Å². The maximum absolute atomic E-state index is 14.1. The first-order valence-electron chi connectivity index (χ1n) is 15.0. The molecule has 0 radical (unpaired) electrons. The number of methoxy groups -OCH3 is 3. The van der Waals surface area contributed by atoms with Gasteiger partial charge in [-0.15, -0.1) is 0 Å². The maximum Gasteiger partial charge on any atom is 0.336 e. The zero-order valence-corrected chi connectivity index (χ0v) is 25.7. The number of piperazine rings is 1. The Kier molecular flexibility index (Phi) is 8.73. The lowest BCUT2D eigenvalue weighted by Crippen LogP contribution is -2.49. The zero-order valence-electron chi connectivity index (χ0n) is 25.7. The summed E-state index contributed by atoms with van der Waals surface area (Å²) in [5.74, 6) is 1.19. The van der Waals surface area contributed by atoms with Crippen LogP contribution >= 0.6 is 0 Å². The molecule has 5 aromatic rings. The highest BCUT2D eigenvalue weighted by atomic mass is 16.5. The van der Waals surface area contributed by atoms with Gasteiger partial charge in [0.25, 0.3) is 0 Å². The molecular weight excluding hydrogens is 568 g/mol. The lowest BCUT2D eigenvalue weighted by molar-refractivity contribution is -0.131. The van der Waals surface area contributed by atoms with Gasteiger partial charge in [-0.1, -0.05) is 60.7 Å². The predicted molar refractivity (Wildman–Crippen MR) is 176 cm³/mol. The molecule has 1 aliphatic rings. The Morgan fingerprint density at radius 2 is 1.42 bits per heavy atom. The maximum atomic E-state index is 14.1. The summed E-state index contributed by atoms with van der Waals surface area (Å²) in [6.07, 6.45) is 0.148. The largest absolute Gasteiger partial charge is 0.497 e. The number of benzene rings is 4. The first-order valence-corrected chi connectivity index (χ1v) is 15.0. The summed E-state index contributed by atoms with van der Waals surface area (Å²) in [6, 6.07) is 30.8. The number of amides is 1. The molecule has 1 saturated heterocycles. The van der Waals surface area contributed by atoms with Crippen molar-refractivity contribution in [1.82, 2.24) is 4.90 Å². The predicted octanol–water partition coefficient (Wildman–Crippen LogP) is 6.36. The van der Waals surface area contributed by atoms with Crippen molar-refractivity contribution < 1.29 is 23.4 Å². The van der Waals surface area contributed by atoms with Crippen LogP contribution in [-0.2, 0) is 4.79 Å². The van der Waals surface area contributed by atoms with Crippen molar-refractivity contribution in [3.8, 4) is 28.4 Å². The van der Waals surface area contributed by atoms with Crippen LogP contribution in [0.5, 0.6) is 17.2 Å². The fourth-order valence-electron chi connectivity index (χ4n) is 6.19. The summed E-state index contributed by atoms with van der Waals surface area (Å²) >= 11 is 0. The van der Waals surface area contributed by atoms with Crippen LogP contribution in [0.25, 0.3) is 22.1 Å². The van der Waals surface area contributed by atoms with Crippen molar-refractivity contribution in [2.24, 2.45) is 0 Å². The normalized spacial score (nSPS) is 13.8. The third-order valence-corrected chi connectivity index (χ3v) is 8.50. The minimum Gasteiger partial charge on any atom is -0.497 e. The van der Waals surface area contributed by atoms with Gasteiger partial charge in [0.05, 0.1) is 26.7 Å². The quantitative estimate of drug-likeness (QED) is 0.181. The van der Waals surface area contributed by atoms with Crippen LogP contribution in [0.1, 0.15) is 23.5 Å². The SMILES string of the molecule is COc1ccc(C(CC(=O)N2CCN(c3ccccc3)CC2)c2c(OC)cc(OC)c3c(-c4ccccc4)cc(=O)oc23)cc1. The molecule has 1 unspecified atom stereocenters. The highest BCUT2D eigenvalue weighted by Gasteiger charge is 2.31. The highest BCUT2D eigenvalue weighted by Crippen LogP contribution is 2.46. The molecule has 1 atom stereocenters. The van der Waals surface area contributed by atoms with Crippen LogP contribution in [0.15, 0.2) is 106 Å². The number of para-hydroxylation sites is 1. The molecule has 230 valence electrons. The first kappa shape index (κ1) is 29.8. The lowest BCUT2D eigenvalue weighted by Gasteiger charge is -2.37. The standard InChI is InChI=1S/C37H36N2O6/c1-42-28-16-14-26(15-17-28)29(22-33(40)39-20-18-38(19-21-39)27-12-8-5-9-13-27)35-31(43-2)24-32(44-3)36-30(23-34(41)45-37(35)36)25-10-6-4-7-11-25/h4-17,23-24,29H,18-22H2,1-3H3. The Hall–Kier alpha value is -5.24. The number of carbonyl (C=O) groups is 1. The molecule has 0 bridgehead atoms. The molecule has 1 aromatic heterocycles. The van der Waals surface area contributed by atoms with Gasteiger partial charge in [0.15, 0.2) is 0 Å². The molecule has 8 nitrogen and oxygen atoms in total. The van der Waals surface area contributed by atoms with Gasteiger partial charge in [-0.3, -0.25) is 4.79 Å². The van der Waals surface area contributed by atoms with Crippen molar-refractivity contribution in [2.45, 2.75) is 12.3 Å². The third kappa shape index (κ3) is 6.09. The Morgan fingerprint density at radius 1 is 0.778 bits per heavy atom. The second kappa shape index (κ2) is 13.2. The second-order valence-electron chi connectivity index (χ2n) is 11.0. The number of fused-ring (bicyclic) bond motifs is 1. The van der Waals surface area contributed by atoms with Gasteiger partial charge in [-0.2, -0.15) is 0 Å². The minimum absolute atomic E-state index is 0.0103. The van der Waals surface area contributed by atoms with Crippen molar-refractivity contribution in [1.29, 1.82) is 0 Å². The number of ether oxygens (including phenoxy) is 3. The average molecular weight is 605 g/mol. The summed E-state index contributed by atoms with van der Waals surface area (Å²) in [6.45, 7) is 2.70. The Balaban J connectivity index is 1.45. The molecule has 4 aromatic carbocycles. The summed E-state index contributed by atoms with van der Waals surface area (Å²) in [4.78, 5) is 31.4. The molecule has 0 aliphatic carbocycles. The minimum atomic E-state index is -0.505. The van der Waals surface area contributed by atoms with E-state index in [2.05, 4.69) is 17.0 Å². The average Bonchev–Trinajstić information content (AvgIpc) is 3.10. The molecule has 0 saturated carbocycles. The van der Waals surface area contributed by atoms with Gasteiger partial charge >= 0.3 is 5.63 Å². The number of anilines is 1. The number of rotatable bonds is 9. The van der Waals surface area contributed by atoms with Crippen molar-refractivity contribution in [3.63, 3.8) is 0 Å². The Bertz CT molecular complexity index is 1830. The lowest BCUT2D eigenvalue weighted by atomic mass is 9.85. The summed E-state index contributed by atoms with van der Waals surface area (Å²) < 4.78 is 23.2. The van der Waals surface area contributed by atoms with Gasteiger partial charge < -0.3 is 28.4 Å². The van der Waals surface area contributed by atoms with E-state index in [1.165, 1.54) is 6.07 Å². The summed E-state index contributed by atoms with van der Waals surface area (Å²) in [5, 5.41) is 0.640.